The van der Waals surface area contributed by atoms with Gasteiger partial charge in [-0.05, 0) is 77.9 Å². The minimum absolute atomic E-state index is 0.226. The second kappa shape index (κ2) is 11.1. The highest BCUT2D eigenvalue weighted by Crippen LogP contribution is 2.34. The number of benzene rings is 2. The maximum atomic E-state index is 13.8. The summed E-state index contributed by atoms with van der Waals surface area (Å²) in [5, 5.41) is 0. The number of allylic oxidation sites excluding steroid dienone is 1. The summed E-state index contributed by atoms with van der Waals surface area (Å²) in [5.41, 5.74) is 3.27. The van der Waals surface area contributed by atoms with Crippen LogP contribution in [0.4, 0.5) is 5.69 Å². The van der Waals surface area contributed by atoms with Crippen molar-refractivity contribution in [2.45, 2.75) is 19.9 Å². The van der Waals surface area contributed by atoms with E-state index in [4.69, 9.17) is 14.2 Å². The lowest BCUT2D eigenvalue weighted by Crippen LogP contribution is -2.39. The van der Waals surface area contributed by atoms with Crippen molar-refractivity contribution in [2.75, 3.05) is 39.8 Å². The molecule has 0 aliphatic carbocycles. The molecule has 10 heteroatoms. The molecule has 0 saturated carbocycles. The Kier molecular flexibility index (Phi) is 8.08. The van der Waals surface area contributed by atoms with Crippen LogP contribution >= 0.6 is 33.9 Å². The van der Waals surface area contributed by atoms with Gasteiger partial charge in [-0.3, -0.25) is 9.36 Å². The Bertz CT molecular complexity index is 1550. The molecule has 1 atom stereocenters. The molecule has 2 aromatic carbocycles. The minimum Gasteiger partial charge on any atom is -0.493 e. The lowest BCUT2D eigenvalue weighted by molar-refractivity contribution is -0.139. The van der Waals surface area contributed by atoms with Gasteiger partial charge in [-0.15, -0.1) is 0 Å². The molecule has 1 unspecified atom stereocenters. The van der Waals surface area contributed by atoms with E-state index in [0.29, 0.717) is 32.1 Å². The van der Waals surface area contributed by atoms with Gasteiger partial charge in [0.2, 0.25) is 0 Å². The Morgan fingerprint density at radius 1 is 1.19 bits per heavy atom. The zero-order valence-electron chi connectivity index (χ0n) is 21.5. The topological polar surface area (TPSA) is 82.4 Å². The van der Waals surface area contributed by atoms with Crippen LogP contribution in [0.2, 0.25) is 0 Å². The highest BCUT2D eigenvalue weighted by molar-refractivity contribution is 14.1. The van der Waals surface area contributed by atoms with Crippen molar-refractivity contribution in [3.63, 3.8) is 0 Å². The summed E-state index contributed by atoms with van der Waals surface area (Å²) in [6.07, 6.45) is 1.81. The summed E-state index contributed by atoms with van der Waals surface area (Å²) < 4.78 is 19.2. The van der Waals surface area contributed by atoms with Gasteiger partial charge in [0.25, 0.3) is 5.56 Å². The molecule has 2 heterocycles. The number of halogens is 1. The second-order valence-electron chi connectivity index (χ2n) is 8.53. The predicted octanol–water partition coefficient (Wildman–Crippen LogP) is 3.49. The van der Waals surface area contributed by atoms with Crippen molar-refractivity contribution in [3.05, 3.63) is 82.1 Å². The van der Waals surface area contributed by atoms with E-state index < -0.39 is 12.0 Å². The lowest BCUT2D eigenvalue weighted by Gasteiger charge is -2.25. The normalized spacial score (nSPS) is 15.2. The van der Waals surface area contributed by atoms with Crippen molar-refractivity contribution in [2.24, 2.45) is 4.99 Å². The van der Waals surface area contributed by atoms with E-state index in [1.54, 1.807) is 32.6 Å². The Morgan fingerprint density at radius 2 is 1.89 bits per heavy atom. The van der Waals surface area contributed by atoms with Gasteiger partial charge in [0.1, 0.15) is 0 Å². The van der Waals surface area contributed by atoms with Crippen molar-refractivity contribution in [1.29, 1.82) is 0 Å². The summed E-state index contributed by atoms with van der Waals surface area (Å²) in [6.45, 7) is 3.76. The average Bonchev–Trinajstić information content (AvgIpc) is 3.17. The van der Waals surface area contributed by atoms with Crippen LogP contribution in [0.15, 0.2) is 57.5 Å². The molecule has 0 spiro atoms. The third-order valence-electron chi connectivity index (χ3n) is 6.00. The van der Waals surface area contributed by atoms with Crippen LogP contribution in [0.25, 0.3) is 6.08 Å². The third kappa shape index (κ3) is 5.17. The Labute approximate surface area is 232 Å². The average molecular weight is 634 g/mol. The fraction of sp³-hybridized carbons (Fsp3) is 0.296. The first-order valence-electron chi connectivity index (χ1n) is 11.6. The molecular formula is C27H28IN3O5S. The van der Waals surface area contributed by atoms with Crippen LogP contribution in [0.1, 0.15) is 31.0 Å². The highest BCUT2D eigenvalue weighted by Gasteiger charge is 2.33. The maximum absolute atomic E-state index is 13.8. The number of thiazole rings is 1. The fourth-order valence-corrected chi connectivity index (χ4v) is 6.13. The van der Waals surface area contributed by atoms with E-state index in [9.17, 15) is 9.59 Å². The van der Waals surface area contributed by atoms with Crippen LogP contribution < -0.4 is 29.3 Å². The van der Waals surface area contributed by atoms with Gasteiger partial charge < -0.3 is 19.1 Å². The van der Waals surface area contributed by atoms with Crippen LogP contribution in [0.3, 0.4) is 0 Å². The molecule has 0 bridgehead atoms. The van der Waals surface area contributed by atoms with Crippen molar-refractivity contribution < 1.29 is 19.0 Å². The number of carbonyl (C=O) groups excluding carboxylic acids is 1. The number of methoxy groups -OCH3 is 2. The predicted molar refractivity (Wildman–Crippen MR) is 153 cm³/mol. The summed E-state index contributed by atoms with van der Waals surface area (Å²) in [5.74, 6) is 0.736. The zero-order chi connectivity index (χ0) is 26.9. The van der Waals surface area contributed by atoms with Crippen LogP contribution in [-0.2, 0) is 9.53 Å². The minimum atomic E-state index is -0.654. The molecule has 3 aromatic rings. The van der Waals surface area contributed by atoms with Crippen LogP contribution in [0, 0.1) is 3.57 Å². The van der Waals surface area contributed by atoms with E-state index in [0.717, 1.165) is 20.4 Å². The van der Waals surface area contributed by atoms with Gasteiger partial charge in [-0.25, -0.2) is 9.79 Å². The highest BCUT2D eigenvalue weighted by atomic mass is 127. The van der Waals surface area contributed by atoms with Gasteiger partial charge >= 0.3 is 5.97 Å². The number of fused-ring (bicyclic) bond motifs is 1. The molecule has 0 fully saturated rings. The fourth-order valence-electron chi connectivity index (χ4n) is 4.23. The number of esters is 1. The molecule has 1 aliphatic rings. The molecule has 0 radical (unpaired) electrons. The SMILES string of the molecule is CCOC(=O)C1=C(C)N=c2s/c(=C/c3cc(I)c(OC)c(OC)c3)c(=O)n2C1c1ccc(N(C)C)cc1. The van der Waals surface area contributed by atoms with Crippen molar-refractivity contribution >= 4 is 51.7 Å². The number of rotatable bonds is 7. The Morgan fingerprint density at radius 3 is 2.49 bits per heavy atom. The largest absolute Gasteiger partial charge is 0.493 e. The zero-order valence-corrected chi connectivity index (χ0v) is 24.5. The number of nitrogens with zero attached hydrogens (tertiary/aromatic N) is 3. The van der Waals surface area contributed by atoms with E-state index in [1.807, 2.05) is 61.5 Å². The summed E-state index contributed by atoms with van der Waals surface area (Å²) >= 11 is 3.46. The molecule has 1 aromatic heterocycles. The standard InChI is InChI=1S/C27H28IN3O5S/c1-7-36-26(33)22-15(2)29-27-31(23(22)17-8-10-18(11-9-17)30(3)4)25(32)21(37-27)14-16-12-19(28)24(35-6)20(13-16)34-5/h8-14,23H,7H2,1-6H3/b21-14+. The molecule has 0 amide bonds. The molecule has 0 N–H and O–H groups in total. The first-order chi connectivity index (χ1) is 17.7. The first-order valence-corrected chi connectivity index (χ1v) is 13.5. The van der Waals surface area contributed by atoms with Crippen molar-refractivity contribution in [1.82, 2.24) is 4.57 Å². The lowest BCUT2D eigenvalue weighted by atomic mass is 9.95. The van der Waals surface area contributed by atoms with E-state index in [1.165, 1.54) is 11.3 Å². The molecule has 8 nitrogen and oxygen atoms in total. The van der Waals surface area contributed by atoms with Crippen LogP contribution in [-0.4, -0.2) is 45.5 Å². The van der Waals surface area contributed by atoms with E-state index in [-0.39, 0.29) is 12.2 Å². The second-order valence-corrected chi connectivity index (χ2v) is 10.7. The third-order valence-corrected chi connectivity index (χ3v) is 7.78. The number of hydrogen-bond donors (Lipinski definition) is 0. The number of ether oxygens (including phenoxy) is 3. The number of hydrogen-bond acceptors (Lipinski definition) is 8. The Hall–Kier alpha value is -3.12. The van der Waals surface area contributed by atoms with Gasteiger partial charge in [-0.1, -0.05) is 23.5 Å². The molecule has 1 aliphatic heterocycles. The summed E-state index contributed by atoms with van der Waals surface area (Å²) in [6, 6.07) is 10.9. The molecule has 37 heavy (non-hydrogen) atoms. The quantitative estimate of drug-likeness (QED) is 0.293. The van der Waals surface area contributed by atoms with Gasteiger partial charge in [0.05, 0.1) is 46.2 Å². The molecule has 4 rings (SSSR count). The molecular weight excluding hydrogens is 605 g/mol. The Balaban J connectivity index is 1.93. The van der Waals surface area contributed by atoms with Gasteiger partial charge in [-0.2, -0.15) is 0 Å². The maximum Gasteiger partial charge on any atom is 0.338 e. The smallest absolute Gasteiger partial charge is 0.338 e. The monoisotopic (exact) mass is 633 g/mol. The summed E-state index contributed by atoms with van der Waals surface area (Å²) in [4.78, 5) is 34.0. The molecule has 194 valence electrons. The number of carbonyl (C=O) groups is 1. The van der Waals surface area contributed by atoms with Gasteiger partial charge in [0, 0.05) is 19.8 Å². The van der Waals surface area contributed by atoms with Crippen molar-refractivity contribution in [3.8, 4) is 11.5 Å². The van der Waals surface area contributed by atoms with E-state index >= 15 is 0 Å². The number of anilines is 1. The first kappa shape index (κ1) is 26.9. The summed E-state index contributed by atoms with van der Waals surface area (Å²) in [7, 11) is 7.09. The number of aromatic nitrogens is 1. The van der Waals surface area contributed by atoms with E-state index in [2.05, 4.69) is 27.6 Å². The molecule has 0 saturated heterocycles. The van der Waals surface area contributed by atoms with Crippen LogP contribution in [0.5, 0.6) is 11.5 Å². The van der Waals surface area contributed by atoms with Gasteiger partial charge in [0.15, 0.2) is 16.3 Å².